The van der Waals surface area contributed by atoms with Crippen molar-refractivity contribution in [3.63, 3.8) is 0 Å². The number of carbonyl (C=O) groups excluding carboxylic acids is 1. The molecule has 0 unspecified atom stereocenters. The first kappa shape index (κ1) is 18.3. The first-order chi connectivity index (χ1) is 12.3. The number of aryl methyl sites for hydroxylation is 1. The number of halogens is 2. The molecule has 7 nitrogen and oxygen atoms in total. The summed E-state index contributed by atoms with van der Waals surface area (Å²) in [5.41, 5.74) is 1.47. The molecule has 0 aliphatic rings. The van der Waals surface area contributed by atoms with E-state index in [1.165, 1.54) is 18.2 Å². The van der Waals surface area contributed by atoms with E-state index < -0.39 is 10.8 Å². The van der Waals surface area contributed by atoms with Crippen LogP contribution < -0.4 is 5.32 Å². The van der Waals surface area contributed by atoms with Gasteiger partial charge in [-0.2, -0.15) is 5.10 Å². The van der Waals surface area contributed by atoms with E-state index in [2.05, 4.69) is 10.4 Å². The van der Waals surface area contributed by atoms with E-state index in [1.807, 2.05) is 28.7 Å². The van der Waals surface area contributed by atoms with Crippen molar-refractivity contribution in [1.82, 2.24) is 9.78 Å². The Morgan fingerprint density at radius 3 is 2.73 bits per heavy atom. The monoisotopic (exact) mass is 482 g/mol. The highest BCUT2D eigenvalue weighted by Crippen LogP contribution is 2.23. The van der Waals surface area contributed by atoms with Gasteiger partial charge in [0.1, 0.15) is 5.82 Å². The Hall–Kier alpha value is -2.46. The zero-order valence-corrected chi connectivity index (χ0v) is 16.4. The molecule has 0 radical (unpaired) electrons. The maximum absolute atomic E-state index is 12.7. The zero-order chi connectivity index (χ0) is 18.8. The molecule has 1 N–H and O–H groups in total. The molecule has 9 heteroatoms. The number of nitrogens with zero attached hydrogens (tertiary/aromatic N) is 3. The first-order valence-corrected chi connectivity index (χ1v) is 8.89. The van der Waals surface area contributed by atoms with Gasteiger partial charge in [-0.05, 0) is 53.8 Å². The van der Waals surface area contributed by atoms with Crippen LogP contribution >= 0.6 is 34.2 Å². The van der Waals surface area contributed by atoms with Gasteiger partial charge in [0.15, 0.2) is 0 Å². The Kier molecular flexibility index (Phi) is 5.23. The predicted molar refractivity (Wildman–Crippen MR) is 107 cm³/mol. The van der Waals surface area contributed by atoms with Gasteiger partial charge in [-0.15, -0.1) is 0 Å². The van der Waals surface area contributed by atoms with Gasteiger partial charge in [0, 0.05) is 26.8 Å². The third-order valence-electron chi connectivity index (χ3n) is 3.53. The predicted octanol–water partition coefficient (Wildman–Crippen LogP) is 4.60. The van der Waals surface area contributed by atoms with Gasteiger partial charge >= 0.3 is 0 Å². The van der Waals surface area contributed by atoms with Crippen LogP contribution in [-0.4, -0.2) is 20.6 Å². The van der Waals surface area contributed by atoms with Crippen LogP contribution in [0.1, 0.15) is 16.1 Å². The van der Waals surface area contributed by atoms with E-state index >= 15 is 0 Å². The Balaban J connectivity index is 1.96. The van der Waals surface area contributed by atoms with Gasteiger partial charge < -0.3 is 5.32 Å². The van der Waals surface area contributed by atoms with Gasteiger partial charge in [-0.25, -0.2) is 4.68 Å². The summed E-state index contributed by atoms with van der Waals surface area (Å²) in [6.45, 7) is 1.80. The van der Waals surface area contributed by atoms with Crippen molar-refractivity contribution >= 4 is 51.6 Å². The fourth-order valence-corrected chi connectivity index (χ4v) is 3.14. The van der Waals surface area contributed by atoms with Crippen LogP contribution in [0.5, 0.6) is 0 Å². The van der Waals surface area contributed by atoms with Crippen molar-refractivity contribution < 1.29 is 9.72 Å². The average molecular weight is 483 g/mol. The molecule has 2 aromatic carbocycles. The summed E-state index contributed by atoms with van der Waals surface area (Å²) in [4.78, 5) is 23.1. The maximum atomic E-state index is 12.7. The summed E-state index contributed by atoms with van der Waals surface area (Å²) in [7, 11) is 0. The first-order valence-electron chi connectivity index (χ1n) is 7.43. The molecule has 3 aromatic rings. The number of amides is 1. The molecule has 0 saturated carbocycles. The van der Waals surface area contributed by atoms with Gasteiger partial charge in [-0.1, -0.05) is 17.7 Å². The molecule has 132 valence electrons. The molecule has 1 amide bonds. The molecule has 0 spiro atoms. The van der Waals surface area contributed by atoms with Crippen molar-refractivity contribution in [2.24, 2.45) is 0 Å². The lowest BCUT2D eigenvalue weighted by Gasteiger charge is -2.10. The van der Waals surface area contributed by atoms with Gasteiger partial charge in [-0.3, -0.25) is 14.9 Å². The minimum absolute atomic E-state index is 0.143. The Morgan fingerprint density at radius 2 is 2.04 bits per heavy atom. The summed E-state index contributed by atoms with van der Waals surface area (Å²) in [6.07, 6.45) is 0. The van der Waals surface area contributed by atoms with E-state index in [9.17, 15) is 14.9 Å². The minimum Gasteiger partial charge on any atom is -0.306 e. The van der Waals surface area contributed by atoms with Gasteiger partial charge in [0.25, 0.3) is 11.6 Å². The lowest BCUT2D eigenvalue weighted by Crippen LogP contribution is -2.16. The van der Waals surface area contributed by atoms with Crippen LogP contribution in [0.4, 0.5) is 11.5 Å². The average Bonchev–Trinajstić information content (AvgIpc) is 2.95. The number of anilines is 1. The fraction of sp³-hybridized carbons (Fsp3) is 0.0588. The number of carbonyl (C=O) groups is 1. The molecule has 0 atom stereocenters. The van der Waals surface area contributed by atoms with E-state index in [4.69, 9.17) is 11.6 Å². The highest BCUT2D eigenvalue weighted by molar-refractivity contribution is 14.1. The molecule has 0 fully saturated rings. The number of hydrogen-bond donors (Lipinski definition) is 1. The van der Waals surface area contributed by atoms with E-state index in [0.717, 1.165) is 0 Å². The second-order valence-corrected chi connectivity index (χ2v) is 7.04. The minimum atomic E-state index is -0.534. The lowest BCUT2D eigenvalue weighted by atomic mass is 10.2. The van der Waals surface area contributed by atoms with Crippen molar-refractivity contribution in [3.8, 4) is 5.69 Å². The van der Waals surface area contributed by atoms with E-state index in [0.29, 0.717) is 25.8 Å². The number of hydrogen-bond acceptors (Lipinski definition) is 4. The smallest absolute Gasteiger partial charge is 0.270 e. The maximum Gasteiger partial charge on any atom is 0.270 e. The molecule has 0 bridgehead atoms. The van der Waals surface area contributed by atoms with Crippen LogP contribution in [-0.2, 0) is 0 Å². The summed E-state index contributed by atoms with van der Waals surface area (Å²) >= 11 is 7.99. The van der Waals surface area contributed by atoms with Crippen LogP contribution in [0.25, 0.3) is 5.69 Å². The molecule has 0 aliphatic carbocycles. The Labute approximate surface area is 167 Å². The SMILES string of the molecule is Cc1cc(NC(=O)c2cc([N+](=O)[O-])ccc2I)n(-c2cccc(Cl)c2)n1. The van der Waals surface area contributed by atoms with Gasteiger partial charge in [0.2, 0.25) is 0 Å². The second-order valence-electron chi connectivity index (χ2n) is 5.44. The third-order valence-corrected chi connectivity index (χ3v) is 4.71. The van der Waals surface area contributed by atoms with E-state index in [1.54, 1.807) is 35.9 Å². The molecule has 1 heterocycles. The van der Waals surface area contributed by atoms with Crippen molar-refractivity contribution in [1.29, 1.82) is 0 Å². The molecular weight excluding hydrogens is 471 g/mol. The van der Waals surface area contributed by atoms with Gasteiger partial charge in [0.05, 0.1) is 21.9 Å². The highest BCUT2D eigenvalue weighted by atomic mass is 127. The molecule has 0 aliphatic heterocycles. The van der Waals surface area contributed by atoms with Crippen molar-refractivity contribution in [2.75, 3.05) is 5.32 Å². The van der Waals surface area contributed by atoms with E-state index in [-0.39, 0.29) is 11.3 Å². The fourth-order valence-electron chi connectivity index (χ4n) is 2.38. The Bertz CT molecular complexity index is 1020. The molecule has 26 heavy (non-hydrogen) atoms. The number of non-ortho nitro benzene ring substituents is 1. The number of nitro benzene ring substituents is 1. The van der Waals surface area contributed by atoms with Crippen molar-refractivity contribution in [3.05, 3.63) is 78.5 Å². The second kappa shape index (κ2) is 7.42. The largest absolute Gasteiger partial charge is 0.306 e. The molecular formula is C17H12ClIN4O3. The number of rotatable bonds is 4. The van der Waals surface area contributed by atoms with Crippen LogP contribution in [0, 0.1) is 20.6 Å². The topological polar surface area (TPSA) is 90.1 Å². The number of nitrogens with one attached hydrogen (secondary N) is 1. The number of aromatic nitrogens is 2. The normalized spacial score (nSPS) is 10.6. The molecule has 0 saturated heterocycles. The summed E-state index contributed by atoms with van der Waals surface area (Å²) in [5.74, 6) is -0.0154. The Morgan fingerprint density at radius 1 is 1.27 bits per heavy atom. The summed E-state index contributed by atoms with van der Waals surface area (Å²) < 4.78 is 2.17. The molecule has 3 rings (SSSR count). The van der Waals surface area contributed by atoms with Crippen LogP contribution in [0.3, 0.4) is 0 Å². The quantitative estimate of drug-likeness (QED) is 0.334. The summed E-state index contributed by atoms with van der Waals surface area (Å²) in [5, 5.41) is 18.6. The lowest BCUT2D eigenvalue weighted by molar-refractivity contribution is -0.384. The van der Waals surface area contributed by atoms with Crippen molar-refractivity contribution in [2.45, 2.75) is 6.92 Å². The zero-order valence-electron chi connectivity index (χ0n) is 13.4. The highest BCUT2D eigenvalue weighted by Gasteiger charge is 2.18. The number of nitro groups is 1. The third kappa shape index (κ3) is 3.86. The summed E-state index contributed by atoms with van der Waals surface area (Å²) in [6, 6.07) is 12.9. The number of benzene rings is 2. The van der Waals surface area contributed by atoms with Crippen LogP contribution in [0.2, 0.25) is 5.02 Å². The standard InChI is InChI=1S/C17H12ClIN4O3/c1-10-7-16(22(21-10)12-4-2-3-11(18)8-12)20-17(24)14-9-13(23(25)26)5-6-15(14)19/h2-9H,1H3,(H,20,24). The molecule has 1 aromatic heterocycles. The van der Waals surface area contributed by atoms with Crippen LogP contribution in [0.15, 0.2) is 48.5 Å².